The highest BCUT2D eigenvalue weighted by Gasteiger charge is 2.14. The van der Waals surface area contributed by atoms with Gasteiger partial charge in [-0.2, -0.15) is 12.6 Å². The van der Waals surface area contributed by atoms with Gasteiger partial charge in [0.25, 0.3) is 0 Å². The zero-order valence-corrected chi connectivity index (χ0v) is 22.0. The summed E-state index contributed by atoms with van der Waals surface area (Å²) in [7, 11) is 0. The minimum atomic E-state index is -0.424. The van der Waals surface area contributed by atoms with Crippen LogP contribution in [0.2, 0.25) is 0 Å². The molecule has 0 radical (unpaired) electrons. The number of aliphatic hydroxyl groups excluding tert-OH is 2. The molecule has 33 heavy (non-hydrogen) atoms. The van der Waals surface area contributed by atoms with E-state index in [4.69, 9.17) is 0 Å². The molecule has 0 bridgehead atoms. The molecule has 0 rings (SSSR count). The molecule has 0 aliphatic heterocycles. The van der Waals surface area contributed by atoms with Crippen LogP contribution in [0.25, 0.3) is 0 Å². The summed E-state index contributed by atoms with van der Waals surface area (Å²) in [5, 5.41) is 20.9. The van der Waals surface area contributed by atoms with E-state index in [9.17, 15) is 10.2 Å². The third-order valence-corrected chi connectivity index (χ3v) is 5.26. The molecule has 4 heteroatoms. The van der Waals surface area contributed by atoms with E-state index in [0.717, 1.165) is 57.2 Å². The van der Waals surface area contributed by atoms with Gasteiger partial charge in [0, 0.05) is 13.1 Å². The van der Waals surface area contributed by atoms with Crippen LogP contribution in [0.1, 0.15) is 71.6 Å². The smallest absolute Gasteiger partial charge is 0.0701 e. The summed E-state index contributed by atoms with van der Waals surface area (Å²) in [5.74, 6) is 0.808. The predicted molar refractivity (Wildman–Crippen MR) is 150 cm³/mol. The van der Waals surface area contributed by atoms with Gasteiger partial charge in [-0.25, -0.2) is 0 Å². The van der Waals surface area contributed by atoms with Crippen LogP contribution in [-0.2, 0) is 0 Å². The monoisotopic (exact) mass is 475 g/mol. The number of hydrogen-bond acceptors (Lipinski definition) is 4. The Morgan fingerprint density at radius 1 is 0.606 bits per heavy atom. The lowest BCUT2D eigenvalue weighted by molar-refractivity contribution is 0.0717. The molecule has 0 aromatic carbocycles. The van der Waals surface area contributed by atoms with Crippen LogP contribution in [0.15, 0.2) is 72.9 Å². The zero-order chi connectivity index (χ0) is 24.4. The topological polar surface area (TPSA) is 43.7 Å². The fraction of sp³-hybridized carbons (Fsp3) is 0.586. The van der Waals surface area contributed by atoms with Crippen LogP contribution in [-0.4, -0.2) is 52.7 Å². The lowest BCUT2D eigenvalue weighted by atomic mass is 10.1. The molecule has 188 valence electrons. The van der Waals surface area contributed by atoms with E-state index in [0.29, 0.717) is 25.9 Å². The van der Waals surface area contributed by atoms with Gasteiger partial charge in [-0.3, -0.25) is 4.90 Å². The Bertz CT molecular complexity index is 544. The Kier molecular flexibility index (Phi) is 24.3. The van der Waals surface area contributed by atoms with Crippen LogP contribution < -0.4 is 0 Å². The molecule has 0 saturated heterocycles. The van der Waals surface area contributed by atoms with Gasteiger partial charge in [-0.05, 0) is 70.1 Å². The highest BCUT2D eigenvalue weighted by molar-refractivity contribution is 7.80. The van der Waals surface area contributed by atoms with Crippen molar-refractivity contribution in [2.45, 2.75) is 83.8 Å². The van der Waals surface area contributed by atoms with Crippen LogP contribution in [0.4, 0.5) is 0 Å². The summed E-state index contributed by atoms with van der Waals surface area (Å²) >= 11 is 4.31. The van der Waals surface area contributed by atoms with Crippen molar-refractivity contribution in [3.05, 3.63) is 72.9 Å². The van der Waals surface area contributed by atoms with E-state index in [-0.39, 0.29) is 0 Å². The lowest BCUT2D eigenvalue weighted by Crippen LogP contribution is -2.38. The summed E-state index contributed by atoms with van der Waals surface area (Å²) in [6, 6.07) is 0. The standard InChI is InChI=1S/C29H49NO2S/c1-3-5-7-9-11-13-15-17-19-22-28(31)26-30(24-21-25-33)27-29(32)23-20-18-16-14-12-10-8-6-4-2/h5-8,11-14,17-20,28-29,31-33H,3-4,9-10,15-16,21-27H2,1-2H3/b7-5-,8-6-,13-11-,14-12-,19-17-,20-18-. The van der Waals surface area contributed by atoms with Crippen molar-refractivity contribution in [2.24, 2.45) is 0 Å². The number of thiol groups is 1. The number of aliphatic hydroxyl groups is 2. The molecule has 0 aliphatic rings. The summed E-state index contributed by atoms with van der Waals surface area (Å²) in [6.07, 6.45) is 33.0. The number of rotatable bonds is 21. The maximum absolute atomic E-state index is 10.4. The van der Waals surface area contributed by atoms with Gasteiger partial charge < -0.3 is 10.2 Å². The largest absolute Gasteiger partial charge is 0.391 e. The molecule has 2 atom stereocenters. The Hall–Kier alpha value is -1.33. The molecule has 0 spiro atoms. The van der Waals surface area contributed by atoms with Gasteiger partial charge in [0.15, 0.2) is 0 Å². The minimum absolute atomic E-state index is 0.424. The second kappa shape index (κ2) is 25.3. The van der Waals surface area contributed by atoms with Crippen molar-refractivity contribution in [1.29, 1.82) is 0 Å². The summed E-state index contributed by atoms with van der Waals surface area (Å²) in [5.41, 5.74) is 0. The molecule has 0 amide bonds. The van der Waals surface area contributed by atoms with Crippen molar-refractivity contribution in [2.75, 3.05) is 25.4 Å². The molecule has 2 N–H and O–H groups in total. The summed E-state index contributed by atoms with van der Waals surface area (Å²) in [6.45, 7) is 6.27. The molecule has 3 nitrogen and oxygen atoms in total. The van der Waals surface area contributed by atoms with E-state index < -0.39 is 12.2 Å². The normalized spacial score (nSPS) is 15.1. The molecule has 0 aliphatic carbocycles. The SMILES string of the molecule is CC/C=C\C/C=C\C/C=C\CC(O)CN(CCCS)CC(O)C/C=C\C/C=C\C/C=C\CC. The first kappa shape index (κ1) is 31.7. The van der Waals surface area contributed by atoms with Gasteiger partial charge in [0.1, 0.15) is 0 Å². The predicted octanol–water partition coefficient (Wildman–Crippen LogP) is 6.83. The summed E-state index contributed by atoms with van der Waals surface area (Å²) < 4.78 is 0. The van der Waals surface area contributed by atoms with Crippen molar-refractivity contribution >= 4 is 12.6 Å². The number of nitrogens with zero attached hydrogens (tertiary/aromatic N) is 1. The molecule has 0 saturated carbocycles. The second-order valence-corrected chi connectivity index (χ2v) is 8.65. The van der Waals surface area contributed by atoms with Gasteiger partial charge >= 0.3 is 0 Å². The molecule has 0 aromatic rings. The molecule has 2 unspecified atom stereocenters. The molecular formula is C29H49NO2S. The van der Waals surface area contributed by atoms with E-state index >= 15 is 0 Å². The number of hydrogen-bond donors (Lipinski definition) is 3. The Labute approximate surface area is 209 Å². The maximum atomic E-state index is 10.4. The quantitative estimate of drug-likeness (QED) is 0.126. The van der Waals surface area contributed by atoms with Crippen molar-refractivity contribution < 1.29 is 10.2 Å². The molecular weight excluding hydrogens is 426 g/mol. The van der Waals surface area contributed by atoms with E-state index in [1.807, 2.05) is 0 Å². The minimum Gasteiger partial charge on any atom is -0.391 e. The molecule has 0 fully saturated rings. The molecule has 0 aromatic heterocycles. The Morgan fingerprint density at radius 3 is 1.33 bits per heavy atom. The highest BCUT2D eigenvalue weighted by atomic mass is 32.1. The first-order chi connectivity index (χ1) is 16.1. The average molecular weight is 476 g/mol. The fourth-order valence-corrected chi connectivity index (χ4v) is 3.36. The van der Waals surface area contributed by atoms with E-state index in [1.165, 1.54) is 0 Å². The third-order valence-electron chi connectivity index (χ3n) is 4.95. The van der Waals surface area contributed by atoms with Gasteiger partial charge in [-0.1, -0.05) is 86.8 Å². The first-order valence-electron chi connectivity index (χ1n) is 12.7. The Morgan fingerprint density at radius 2 is 0.970 bits per heavy atom. The zero-order valence-electron chi connectivity index (χ0n) is 21.1. The average Bonchev–Trinajstić information content (AvgIpc) is 2.80. The van der Waals surface area contributed by atoms with E-state index in [2.05, 4.69) is 104 Å². The lowest BCUT2D eigenvalue weighted by Gasteiger charge is -2.26. The van der Waals surface area contributed by atoms with Crippen LogP contribution >= 0.6 is 12.6 Å². The van der Waals surface area contributed by atoms with Crippen LogP contribution in [0.5, 0.6) is 0 Å². The van der Waals surface area contributed by atoms with Crippen molar-refractivity contribution in [3.63, 3.8) is 0 Å². The van der Waals surface area contributed by atoms with E-state index in [1.54, 1.807) is 0 Å². The van der Waals surface area contributed by atoms with Crippen LogP contribution in [0.3, 0.4) is 0 Å². The number of allylic oxidation sites excluding steroid dienone is 10. The van der Waals surface area contributed by atoms with Gasteiger partial charge in [0.05, 0.1) is 12.2 Å². The van der Waals surface area contributed by atoms with Gasteiger partial charge in [-0.15, -0.1) is 0 Å². The van der Waals surface area contributed by atoms with Crippen molar-refractivity contribution in [1.82, 2.24) is 4.90 Å². The molecule has 0 heterocycles. The summed E-state index contributed by atoms with van der Waals surface area (Å²) in [4.78, 5) is 2.16. The Balaban J connectivity index is 4.24. The first-order valence-corrected chi connectivity index (χ1v) is 13.4. The fourth-order valence-electron chi connectivity index (χ4n) is 3.22. The van der Waals surface area contributed by atoms with Gasteiger partial charge in [0.2, 0.25) is 0 Å². The van der Waals surface area contributed by atoms with Crippen LogP contribution in [0, 0.1) is 0 Å². The highest BCUT2D eigenvalue weighted by Crippen LogP contribution is 2.06. The maximum Gasteiger partial charge on any atom is 0.0701 e. The third kappa shape index (κ3) is 23.6. The van der Waals surface area contributed by atoms with Crippen molar-refractivity contribution in [3.8, 4) is 0 Å². The second-order valence-electron chi connectivity index (χ2n) is 8.20.